The quantitative estimate of drug-likeness (QED) is 0.719. The highest BCUT2D eigenvalue weighted by Gasteiger charge is 2.06. The molecule has 0 aliphatic carbocycles. The summed E-state index contributed by atoms with van der Waals surface area (Å²) in [5.74, 6) is 0.557. The number of amides is 1. The van der Waals surface area contributed by atoms with Crippen LogP contribution in [0, 0.1) is 0 Å². The van der Waals surface area contributed by atoms with E-state index < -0.39 is 0 Å². The maximum absolute atomic E-state index is 12.3. The van der Waals surface area contributed by atoms with Crippen molar-refractivity contribution in [1.82, 2.24) is 14.8 Å². The number of benzene rings is 2. The summed E-state index contributed by atoms with van der Waals surface area (Å²) in [5, 5.41) is 6.91. The lowest BCUT2D eigenvalue weighted by atomic mass is 10.1. The van der Waals surface area contributed by atoms with Gasteiger partial charge in [0.25, 0.3) is 5.91 Å². The number of hydrogen-bond donors (Lipinski definition) is 1. The highest BCUT2D eigenvalue weighted by Crippen LogP contribution is 2.18. The van der Waals surface area contributed by atoms with Crippen molar-refractivity contribution in [2.75, 3.05) is 11.9 Å². The normalized spacial score (nSPS) is 10.4. The van der Waals surface area contributed by atoms with Gasteiger partial charge in [0.2, 0.25) is 0 Å². The molecule has 0 fully saturated rings. The third-order valence-corrected chi connectivity index (χ3v) is 3.77. The number of ether oxygens (including phenoxy) is 1. The van der Waals surface area contributed by atoms with Gasteiger partial charge in [-0.25, -0.2) is 9.67 Å². The number of rotatable bonds is 7. The molecule has 0 saturated carbocycles. The summed E-state index contributed by atoms with van der Waals surface area (Å²) in [5.41, 5.74) is 2.54. The molecule has 0 aliphatic rings. The molecule has 1 heterocycles. The van der Waals surface area contributed by atoms with Gasteiger partial charge in [0, 0.05) is 17.3 Å². The maximum Gasteiger partial charge on any atom is 0.255 e. The third kappa shape index (κ3) is 4.67. The average molecular weight is 336 g/mol. The van der Waals surface area contributed by atoms with Gasteiger partial charge in [-0.15, -0.1) is 0 Å². The first-order valence-electron chi connectivity index (χ1n) is 8.20. The fourth-order valence-electron chi connectivity index (χ4n) is 2.36. The van der Waals surface area contributed by atoms with Crippen LogP contribution in [0.4, 0.5) is 5.69 Å². The van der Waals surface area contributed by atoms with Crippen molar-refractivity contribution >= 4 is 11.6 Å². The molecule has 0 atom stereocenters. The van der Waals surface area contributed by atoms with Crippen LogP contribution in [0.2, 0.25) is 0 Å². The molecule has 1 N–H and O–H groups in total. The van der Waals surface area contributed by atoms with Crippen LogP contribution in [-0.4, -0.2) is 27.3 Å². The molecule has 128 valence electrons. The van der Waals surface area contributed by atoms with Crippen LogP contribution >= 0.6 is 0 Å². The van der Waals surface area contributed by atoms with Gasteiger partial charge in [-0.1, -0.05) is 25.1 Å². The van der Waals surface area contributed by atoms with Crippen molar-refractivity contribution in [3.63, 3.8) is 0 Å². The van der Waals surface area contributed by atoms with Crippen LogP contribution in [0.15, 0.2) is 61.2 Å². The molecule has 3 aromatic rings. The van der Waals surface area contributed by atoms with Crippen LogP contribution in [0.1, 0.15) is 22.8 Å². The third-order valence-electron chi connectivity index (χ3n) is 3.77. The zero-order chi connectivity index (χ0) is 17.5. The predicted octanol–water partition coefficient (Wildman–Crippen LogP) is 3.17. The van der Waals surface area contributed by atoms with Crippen molar-refractivity contribution in [1.29, 1.82) is 0 Å². The van der Waals surface area contributed by atoms with Crippen molar-refractivity contribution < 1.29 is 9.53 Å². The highest BCUT2D eigenvalue weighted by molar-refractivity contribution is 6.04. The van der Waals surface area contributed by atoms with Gasteiger partial charge in [0.15, 0.2) is 0 Å². The van der Waals surface area contributed by atoms with Gasteiger partial charge in [-0.2, -0.15) is 5.10 Å². The van der Waals surface area contributed by atoms with Crippen molar-refractivity contribution in [3.8, 4) is 5.75 Å². The van der Waals surface area contributed by atoms with Crippen molar-refractivity contribution in [3.05, 3.63) is 72.3 Å². The number of aryl methyl sites for hydroxylation is 1. The van der Waals surface area contributed by atoms with Crippen LogP contribution in [0.3, 0.4) is 0 Å². The average Bonchev–Trinajstić information content (AvgIpc) is 3.15. The minimum absolute atomic E-state index is 0.137. The van der Waals surface area contributed by atoms with Crippen LogP contribution in [0.5, 0.6) is 5.75 Å². The first-order valence-corrected chi connectivity index (χ1v) is 8.20. The zero-order valence-electron chi connectivity index (χ0n) is 14.1. The Labute approximate surface area is 146 Å². The number of nitrogens with zero attached hydrogens (tertiary/aromatic N) is 3. The van der Waals surface area contributed by atoms with E-state index in [1.54, 1.807) is 17.1 Å². The summed E-state index contributed by atoms with van der Waals surface area (Å²) >= 11 is 0. The monoisotopic (exact) mass is 336 g/mol. The van der Waals surface area contributed by atoms with Gasteiger partial charge >= 0.3 is 0 Å². The Morgan fingerprint density at radius 3 is 2.76 bits per heavy atom. The molecular formula is C19H20N4O2. The molecule has 0 bridgehead atoms. The SMILES string of the molecule is CCc1ccc(C(=O)Nc2cccc(OCCn3cncn3)c2)cc1. The number of aromatic nitrogens is 3. The molecule has 0 saturated heterocycles. The molecule has 6 heteroatoms. The lowest BCUT2D eigenvalue weighted by Crippen LogP contribution is -2.12. The van der Waals surface area contributed by atoms with Gasteiger partial charge in [-0.05, 0) is 36.2 Å². The largest absolute Gasteiger partial charge is 0.492 e. The van der Waals surface area contributed by atoms with Crippen LogP contribution in [0.25, 0.3) is 0 Å². The summed E-state index contributed by atoms with van der Waals surface area (Å²) in [4.78, 5) is 16.2. The van der Waals surface area contributed by atoms with E-state index in [9.17, 15) is 4.79 Å². The van der Waals surface area contributed by atoms with E-state index in [-0.39, 0.29) is 5.91 Å². The van der Waals surface area contributed by atoms with E-state index in [0.717, 1.165) is 6.42 Å². The number of anilines is 1. The minimum atomic E-state index is -0.137. The fraction of sp³-hybridized carbons (Fsp3) is 0.211. The van der Waals surface area contributed by atoms with Gasteiger partial charge in [0.1, 0.15) is 25.0 Å². The Hall–Kier alpha value is -3.15. The smallest absolute Gasteiger partial charge is 0.255 e. The van der Waals surface area contributed by atoms with E-state index in [0.29, 0.717) is 30.2 Å². The number of carbonyl (C=O) groups excluding carboxylic acids is 1. The molecular weight excluding hydrogens is 316 g/mol. The second-order valence-corrected chi connectivity index (χ2v) is 5.54. The summed E-state index contributed by atoms with van der Waals surface area (Å²) in [6.45, 7) is 3.17. The lowest BCUT2D eigenvalue weighted by Gasteiger charge is -2.09. The van der Waals surface area contributed by atoms with Gasteiger partial charge in [0.05, 0.1) is 6.54 Å². The highest BCUT2D eigenvalue weighted by atomic mass is 16.5. The van der Waals surface area contributed by atoms with E-state index in [1.807, 2.05) is 42.5 Å². The molecule has 1 amide bonds. The molecule has 1 aromatic heterocycles. The zero-order valence-corrected chi connectivity index (χ0v) is 14.1. The Morgan fingerprint density at radius 2 is 2.04 bits per heavy atom. The van der Waals surface area contributed by atoms with E-state index >= 15 is 0 Å². The maximum atomic E-state index is 12.3. The number of nitrogens with one attached hydrogen (secondary N) is 1. The van der Waals surface area contributed by atoms with E-state index in [4.69, 9.17) is 4.74 Å². The molecule has 0 spiro atoms. The summed E-state index contributed by atoms with van der Waals surface area (Å²) < 4.78 is 7.40. The number of carbonyl (C=O) groups is 1. The van der Waals surface area contributed by atoms with Crippen LogP contribution < -0.4 is 10.1 Å². The lowest BCUT2D eigenvalue weighted by molar-refractivity contribution is 0.102. The molecule has 3 rings (SSSR count). The molecule has 0 aliphatic heterocycles. The predicted molar refractivity (Wildman–Crippen MR) is 95.7 cm³/mol. The topological polar surface area (TPSA) is 69.0 Å². The Kier molecular flexibility index (Phi) is 5.41. The van der Waals surface area contributed by atoms with Crippen molar-refractivity contribution in [2.45, 2.75) is 19.9 Å². The second-order valence-electron chi connectivity index (χ2n) is 5.54. The first-order chi connectivity index (χ1) is 12.2. The standard InChI is InChI=1S/C19H20N4O2/c1-2-15-6-8-16(9-7-15)19(24)22-17-4-3-5-18(12-17)25-11-10-23-14-20-13-21-23/h3-9,12-14H,2,10-11H2,1H3,(H,22,24). The van der Waals surface area contributed by atoms with Gasteiger partial charge in [-0.3, -0.25) is 4.79 Å². The molecule has 25 heavy (non-hydrogen) atoms. The van der Waals surface area contributed by atoms with E-state index in [1.165, 1.54) is 11.9 Å². The van der Waals surface area contributed by atoms with E-state index in [2.05, 4.69) is 22.3 Å². The Balaban J connectivity index is 1.57. The fourth-order valence-corrected chi connectivity index (χ4v) is 2.36. The summed E-state index contributed by atoms with van der Waals surface area (Å²) in [6.07, 6.45) is 4.09. The Bertz CT molecular complexity index is 814. The van der Waals surface area contributed by atoms with Crippen LogP contribution in [-0.2, 0) is 13.0 Å². The first kappa shape index (κ1) is 16.7. The summed E-state index contributed by atoms with van der Waals surface area (Å²) in [6, 6.07) is 15.0. The number of hydrogen-bond acceptors (Lipinski definition) is 4. The van der Waals surface area contributed by atoms with Gasteiger partial charge < -0.3 is 10.1 Å². The molecule has 0 unspecified atom stereocenters. The minimum Gasteiger partial charge on any atom is -0.492 e. The molecule has 2 aromatic carbocycles. The second kappa shape index (κ2) is 8.10. The van der Waals surface area contributed by atoms with Crippen molar-refractivity contribution in [2.24, 2.45) is 0 Å². The summed E-state index contributed by atoms with van der Waals surface area (Å²) in [7, 11) is 0. The molecule has 0 radical (unpaired) electrons. The Morgan fingerprint density at radius 1 is 1.20 bits per heavy atom. The molecule has 6 nitrogen and oxygen atoms in total.